The van der Waals surface area contributed by atoms with Gasteiger partial charge in [0.05, 0.1) is 5.02 Å². The Labute approximate surface area is 181 Å². The third-order valence-electron chi connectivity index (χ3n) is 3.77. The molecule has 2 aromatic rings. The molecule has 0 bridgehead atoms. The molecule has 0 fully saturated rings. The molecule has 0 radical (unpaired) electrons. The number of hydrogen-bond donors (Lipinski definition) is 3. The zero-order chi connectivity index (χ0) is 21.4. The van der Waals surface area contributed by atoms with E-state index in [2.05, 4.69) is 16.0 Å². The van der Waals surface area contributed by atoms with Crippen LogP contribution in [0.15, 0.2) is 48.5 Å². The maximum Gasteiger partial charge on any atom is 0.265 e. The monoisotopic (exact) mass is 433 g/mol. The minimum Gasteiger partial charge on any atom is -0.479 e. The van der Waals surface area contributed by atoms with Gasteiger partial charge in [-0.25, -0.2) is 0 Å². The number of ether oxygens (including phenoxy) is 1. The van der Waals surface area contributed by atoms with E-state index in [-0.39, 0.29) is 22.8 Å². The van der Waals surface area contributed by atoms with Gasteiger partial charge in [0, 0.05) is 17.8 Å². The average molecular weight is 434 g/mol. The van der Waals surface area contributed by atoms with Crippen LogP contribution >= 0.6 is 23.8 Å². The summed E-state index contributed by atoms with van der Waals surface area (Å²) in [7, 11) is 0. The second-order valence-electron chi connectivity index (χ2n) is 6.86. The maximum absolute atomic E-state index is 12.3. The molecule has 0 heterocycles. The standard InChI is InChI=1S/C21H24ClN3O3S/c1-13(2)12-19(26)25-21(29)24-16-10-8-15(9-11-16)23-20(27)14(3)28-18-7-5-4-6-17(18)22/h4-11,13-14H,12H2,1-3H3,(H,23,27)(H2,24,25,26,29). The Hall–Kier alpha value is -2.64. The highest BCUT2D eigenvalue weighted by molar-refractivity contribution is 7.80. The van der Waals surface area contributed by atoms with Crippen molar-refractivity contribution < 1.29 is 14.3 Å². The van der Waals surface area contributed by atoms with Crippen LogP contribution in [0.2, 0.25) is 5.02 Å². The zero-order valence-corrected chi connectivity index (χ0v) is 18.1. The molecule has 0 aliphatic carbocycles. The Balaban J connectivity index is 1.86. The molecule has 8 heteroatoms. The van der Waals surface area contributed by atoms with Crippen LogP contribution in [-0.4, -0.2) is 23.0 Å². The number of carbonyl (C=O) groups is 2. The van der Waals surface area contributed by atoms with Gasteiger partial charge in [-0.2, -0.15) is 0 Å². The van der Waals surface area contributed by atoms with Crippen molar-refractivity contribution in [1.29, 1.82) is 0 Å². The molecular formula is C21H24ClN3O3S. The van der Waals surface area contributed by atoms with Gasteiger partial charge in [-0.3, -0.25) is 9.59 Å². The van der Waals surface area contributed by atoms with E-state index in [0.717, 1.165) is 0 Å². The van der Waals surface area contributed by atoms with E-state index >= 15 is 0 Å². The van der Waals surface area contributed by atoms with Crippen LogP contribution < -0.4 is 20.7 Å². The molecule has 0 saturated carbocycles. The predicted molar refractivity (Wildman–Crippen MR) is 120 cm³/mol. The first kappa shape index (κ1) is 22.6. The summed E-state index contributed by atoms with van der Waals surface area (Å²) in [6.45, 7) is 5.57. The molecule has 2 aromatic carbocycles. The van der Waals surface area contributed by atoms with Gasteiger partial charge in [0.1, 0.15) is 5.75 Å². The van der Waals surface area contributed by atoms with Gasteiger partial charge in [-0.15, -0.1) is 0 Å². The number of anilines is 2. The van der Waals surface area contributed by atoms with Gasteiger partial charge in [0.25, 0.3) is 5.91 Å². The largest absolute Gasteiger partial charge is 0.479 e. The van der Waals surface area contributed by atoms with E-state index in [1.165, 1.54) is 0 Å². The Bertz CT molecular complexity index is 872. The maximum atomic E-state index is 12.3. The molecule has 6 nitrogen and oxygen atoms in total. The van der Waals surface area contributed by atoms with Crippen LogP contribution in [0.1, 0.15) is 27.2 Å². The highest BCUT2D eigenvalue weighted by Crippen LogP contribution is 2.24. The normalized spacial score (nSPS) is 11.5. The third-order valence-corrected chi connectivity index (χ3v) is 4.28. The van der Waals surface area contributed by atoms with E-state index in [0.29, 0.717) is 28.6 Å². The summed E-state index contributed by atoms with van der Waals surface area (Å²) >= 11 is 11.2. The molecule has 2 amide bonds. The van der Waals surface area contributed by atoms with Crippen LogP contribution in [0.25, 0.3) is 0 Å². The average Bonchev–Trinajstić information content (AvgIpc) is 2.64. The van der Waals surface area contributed by atoms with E-state index in [1.807, 2.05) is 13.8 Å². The van der Waals surface area contributed by atoms with Crippen LogP contribution in [0.3, 0.4) is 0 Å². The zero-order valence-electron chi connectivity index (χ0n) is 16.5. The van der Waals surface area contributed by atoms with Crippen molar-refractivity contribution in [2.45, 2.75) is 33.3 Å². The molecule has 0 aliphatic rings. The smallest absolute Gasteiger partial charge is 0.265 e. The van der Waals surface area contributed by atoms with Crippen LogP contribution in [-0.2, 0) is 9.59 Å². The number of rotatable bonds is 7. The SMILES string of the molecule is CC(C)CC(=O)NC(=S)Nc1ccc(NC(=O)C(C)Oc2ccccc2Cl)cc1. The summed E-state index contributed by atoms with van der Waals surface area (Å²) in [4.78, 5) is 24.1. The van der Waals surface area contributed by atoms with E-state index in [4.69, 9.17) is 28.6 Å². The Morgan fingerprint density at radius 2 is 1.59 bits per heavy atom. The third kappa shape index (κ3) is 7.71. The van der Waals surface area contributed by atoms with Crippen molar-refractivity contribution in [2.24, 2.45) is 5.92 Å². The molecule has 3 N–H and O–H groups in total. The minimum absolute atomic E-state index is 0.131. The van der Waals surface area contributed by atoms with Crippen molar-refractivity contribution in [3.8, 4) is 5.75 Å². The fraction of sp³-hybridized carbons (Fsp3) is 0.286. The molecule has 0 aromatic heterocycles. The first-order valence-corrected chi connectivity index (χ1v) is 9.96. The summed E-state index contributed by atoms with van der Waals surface area (Å²) in [5.74, 6) is 0.269. The van der Waals surface area contributed by atoms with E-state index in [9.17, 15) is 9.59 Å². The minimum atomic E-state index is -0.726. The quantitative estimate of drug-likeness (QED) is 0.556. The van der Waals surface area contributed by atoms with Crippen LogP contribution in [0.5, 0.6) is 5.75 Å². The van der Waals surface area contributed by atoms with E-state index in [1.54, 1.807) is 55.5 Å². The predicted octanol–water partition coefficient (Wildman–Crippen LogP) is 4.61. The lowest BCUT2D eigenvalue weighted by atomic mass is 10.1. The highest BCUT2D eigenvalue weighted by atomic mass is 35.5. The molecule has 154 valence electrons. The van der Waals surface area contributed by atoms with Gasteiger partial charge in [-0.05, 0) is 61.5 Å². The number of nitrogens with one attached hydrogen (secondary N) is 3. The van der Waals surface area contributed by atoms with Crippen molar-refractivity contribution in [3.63, 3.8) is 0 Å². The molecular weight excluding hydrogens is 410 g/mol. The summed E-state index contributed by atoms with van der Waals surface area (Å²) in [5.41, 5.74) is 1.29. The van der Waals surface area contributed by atoms with Gasteiger partial charge in [0.15, 0.2) is 11.2 Å². The molecule has 1 atom stereocenters. The lowest BCUT2D eigenvalue weighted by molar-refractivity contribution is -0.122. The van der Waals surface area contributed by atoms with Gasteiger partial charge < -0.3 is 20.7 Å². The highest BCUT2D eigenvalue weighted by Gasteiger charge is 2.16. The number of carbonyl (C=O) groups excluding carboxylic acids is 2. The Morgan fingerprint density at radius 3 is 2.17 bits per heavy atom. The molecule has 0 aliphatic heterocycles. The molecule has 0 saturated heterocycles. The number of halogens is 1. The van der Waals surface area contributed by atoms with Crippen LogP contribution in [0, 0.1) is 5.92 Å². The molecule has 1 unspecified atom stereocenters. The van der Waals surface area contributed by atoms with Gasteiger partial charge in [0.2, 0.25) is 5.91 Å². The molecule has 2 rings (SSSR count). The van der Waals surface area contributed by atoms with Gasteiger partial charge >= 0.3 is 0 Å². The second-order valence-corrected chi connectivity index (χ2v) is 7.67. The fourth-order valence-corrected chi connectivity index (χ4v) is 2.79. The van der Waals surface area contributed by atoms with Crippen molar-refractivity contribution >= 4 is 52.1 Å². The number of hydrogen-bond acceptors (Lipinski definition) is 4. The topological polar surface area (TPSA) is 79.5 Å². The Kier molecular flexibility index (Phi) is 8.42. The molecule has 0 spiro atoms. The number of para-hydroxylation sites is 1. The summed E-state index contributed by atoms with van der Waals surface area (Å²) in [5, 5.41) is 9.02. The lowest BCUT2D eigenvalue weighted by Crippen LogP contribution is -2.34. The summed E-state index contributed by atoms with van der Waals surface area (Å²) in [6, 6.07) is 13.9. The number of thiocarbonyl (C=S) groups is 1. The van der Waals surface area contributed by atoms with Crippen molar-refractivity contribution in [2.75, 3.05) is 10.6 Å². The summed E-state index contributed by atoms with van der Waals surface area (Å²) in [6.07, 6.45) is -0.322. The fourth-order valence-electron chi connectivity index (χ4n) is 2.38. The second kappa shape index (κ2) is 10.8. The Morgan fingerprint density at radius 1 is 1.00 bits per heavy atom. The van der Waals surface area contributed by atoms with E-state index < -0.39 is 6.10 Å². The molecule has 29 heavy (non-hydrogen) atoms. The number of amides is 2. The van der Waals surface area contributed by atoms with Gasteiger partial charge in [-0.1, -0.05) is 37.6 Å². The number of benzene rings is 2. The first-order valence-electron chi connectivity index (χ1n) is 9.17. The lowest BCUT2D eigenvalue weighted by Gasteiger charge is -2.16. The van der Waals surface area contributed by atoms with Crippen LogP contribution in [0.4, 0.5) is 11.4 Å². The van der Waals surface area contributed by atoms with Crippen molar-refractivity contribution in [3.05, 3.63) is 53.6 Å². The first-order chi connectivity index (χ1) is 13.7. The van der Waals surface area contributed by atoms with Crippen molar-refractivity contribution in [1.82, 2.24) is 5.32 Å². The summed E-state index contributed by atoms with van der Waals surface area (Å²) < 4.78 is 5.61.